The smallest absolute Gasteiger partial charge is 0.407 e. The van der Waals surface area contributed by atoms with Crippen LogP contribution in [0, 0.1) is 5.41 Å². The lowest BCUT2D eigenvalue weighted by Gasteiger charge is -2.50. The van der Waals surface area contributed by atoms with E-state index >= 15 is 0 Å². The molecule has 2 aliphatic heterocycles. The van der Waals surface area contributed by atoms with Gasteiger partial charge in [-0.3, -0.25) is 0 Å². The van der Waals surface area contributed by atoms with Crippen LogP contribution in [0.2, 0.25) is 0 Å². The van der Waals surface area contributed by atoms with E-state index in [1.807, 2.05) is 0 Å². The Bertz CT molecular complexity index is 534. The van der Waals surface area contributed by atoms with Crippen molar-refractivity contribution in [3.63, 3.8) is 0 Å². The molecule has 1 spiro atoms. The number of amides is 1. The molecule has 4 nitrogen and oxygen atoms in total. The second kappa shape index (κ2) is 4.65. The first kappa shape index (κ1) is 13.0. The molecule has 21 heavy (non-hydrogen) atoms. The van der Waals surface area contributed by atoms with Crippen LogP contribution in [0.15, 0.2) is 24.3 Å². The number of carbonyl (C=O) groups is 1. The van der Waals surface area contributed by atoms with Gasteiger partial charge in [0.1, 0.15) is 0 Å². The highest BCUT2D eigenvalue weighted by atomic mass is 16.4. The SMILES string of the molecule is O=C(O)N1CC(c2ccc(N3CC4(CCCC4)C3)cc2)C1. The number of nitrogens with zero attached hydrogens (tertiary/aromatic N) is 2. The first-order valence-electron chi connectivity index (χ1n) is 7.98. The highest BCUT2D eigenvalue weighted by Crippen LogP contribution is 2.47. The maximum Gasteiger partial charge on any atom is 0.407 e. The number of anilines is 1. The van der Waals surface area contributed by atoms with Crippen molar-refractivity contribution in [2.24, 2.45) is 5.41 Å². The summed E-state index contributed by atoms with van der Waals surface area (Å²) in [6.45, 7) is 3.73. The van der Waals surface area contributed by atoms with Gasteiger partial charge in [0.25, 0.3) is 0 Å². The van der Waals surface area contributed by atoms with Gasteiger partial charge in [0.05, 0.1) is 0 Å². The fourth-order valence-electron chi connectivity index (χ4n) is 4.19. The predicted octanol–water partition coefficient (Wildman–Crippen LogP) is 3.14. The van der Waals surface area contributed by atoms with Crippen LogP contribution in [0.4, 0.5) is 10.5 Å². The summed E-state index contributed by atoms with van der Waals surface area (Å²) >= 11 is 0. The average Bonchev–Trinajstić information content (AvgIpc) is 2.85. The molecule has 3 aliphatic rings. The van der Waals surface area contributed by atoms with E-state index in [2.05, 4.69) is 29.2 Å². The molecule has 1 aromatic rings. The molecule has 2 heterocycles. The van der Waals surface area contributed by atoms with Gasteiger partial charge in [0.2, 0.25) is 0 Å². The van der Waals surface area contributed by atoms with Crippen LogP contribution in [-0.4, -0.2) is 42.3 Å². The largest absolute Gasteiger partial charge is 0.465 e. The van der Waals surface area contributed by atoms with Crippen molar-refractivity contribution in [3.8, 4) is 0 Å². The third-order valence-electron chi connectivity index (χ3n) is 5.60. The van der Waals surface area contributed by atoms with Crippen molar-refractivity contribution < 1.29 is 9.90 Å². The van der Waals surface area contributed by atoms with E-state index in [4.69, 9.17) is 5.11 Å². The summed E-state index contributed by atoms with van der Waals surface area (Å²) in [6.07, 6.45) is 4.84. The molecule has 0 unspecified atom stereocenters. The first-order valence-corrected chi connectivity index (χ1v) is 7.98. The Morgan fingerprint density at radius 2 is 1.71 bits per heavy atom. The van der Waals surface area contributed by atoms with E-state index in [-0.39, 0.29) is 0 Å². The summed E-state index contributed by atoms with van der Waals surface area (Å²) in [4.78, 5) is 14.7. The minimum absolute atomic E-state index is 0.382. The van der Waals surface area contributed by atoms with Crippen LogP contribution in [0.5, 0.6) is 0 Å². The van der Waals surface area contributed by atoms with E-state index in [0.29, 0.717) is 24.4 Å². The van der Waals surface area contributed by atoms with Gasteiger partial charge < -0.3 is 14.9 Å². The molecule has 0 bridgehead atoms. The summed E-state index contributed by atoms with van der Waals surface area (Å²) in [5.41, 5.74) is 3.23. The van der Waals surface area contributed by atoms with Gasteiger partial charge >= 0.3 is 6.09 Å². The lowest BCUT2D eigenvalue weighted by atomic mass is 9.78. The second-order valence-corrected chi connectivity index (χ2v) is 7.04. The first-order chi connectivity index (χ1) is 10.2. The number of likely N-dealkylation sites (tertiary alicyclic amines) is 1. The number of rotatable bonds is 2. The van der Waals surface area contributed by atoms with Crippen molar-refractivity contribution in [1.29, 1.82) is 0 Å². The van der Waals surface area contributed by atoms with Gasteiger partial charge in [-0.05, 0) is 30.5 Å². The Hall–Kier alpha value is -1.71. The second-order valence-electron chi connectivity index (χ2n) is 7.04. The third kappa shape index (κ3) is 2.17. The van der Waals surface area contributed by atoms with Gasteiger partial charge in [-0.1, -0.05) is 25.0 Å². The van der Waals surface area contributed by atoms with Crippen molar-refractivity contribution in [2.45, 2.75) is 31.6 Å². The molecule has 4 rings (SSSR count). The summed E-state index contributed by atoms with van der Waals surface area (Å²) < 4.78 is 0. The number of carboxylic acid groups (broad SMARTS) is 1. The highest BCUT2D eigenvalue weighted by molar-refractivity contribution is 5.66. The predicted molar refractivity (Wildman–Crippen MR) is 81.9 cm³/mol. The molecule has 1 N–H and O–H groups in total. The molecular formula is C17H22N2O2. The van der Waals surface area contributed by atoms with Gasteiger partial charge in [-0.2, -0.15) is 0 Å². The number of hydrogen-bond donors (Lipinski definition) is 1. The monoisotopic (exact) mass is 286 g/mol. The molecule has 1 aromatic carbocycles. The molecule has 1 aliphatic carbocycles. The van der Waals surface area contributed by atoms with Gasteiger partial charge in [-0.15, -0.1) is 0 Å². The van der Waals surface area contributed by atoms with Crippen LogP contribution in [-0.2, 0) is 0 Å². The molecule has 112 valence electrons. The van der Waals surface area contributed by atoms with Gasteiger partial charge in [0, 0.05) is 43.2 Å². The van der Waals surface area contributed by atoms with Crippen molar-refractivity contribution in [1.82, 2.24) is 4.90 Å². The van der Waals surface area contributed by atoms with Crippen LogP contribution in [0.1, 0.15) is 37.2 Å². The van der Waals surface area contributed by atoms with E-state index in [1.165, 1.54) is 54.9 Å². The van der Waals surface area contributed by atoms with Crippen molar-refractivity contribution in [2.75, 3.05) is 31.1 Å². The minimum atomic E-state index is -0.801. The van der Waals surface area contributed by atoms with Gasteiger partial charge in [0.15, 0.2) is 0 Å². The molecule has 4 heteroatoms. The van der Waals surface area contributed by atoms with Crippen LogP contribution >= 0.6 is 0 Å². The minimum Gasteiger partial charge on any atom is -0.465 e. The third-order valence-corrected chi connectivity index (χ3v) is 5.60. The Balaban J connectivity index is 1.36. The normalized spacial score (nSPS) is 24.0. The number of benzene rings is 1. The molecule has 2 saturated heterocycles. The number of hydrogen-bond acceptors (Lipinski definition) is 2. The van der Waals surface area contributed by atoms with E-state index in [0.717, 1.165) is 0 Å². The summed E-state index contributed by atoms with van der Waals surface area (Å²) in [5.74, 6) is 0.382. The van der Waals surface area contributed by atoms with E-state index in [1.54, 1.807) is 0 Å². The molecule has 1 saturated carbocycles. The maximum atomic E-state index is 10.8. The van der Waals surface area contributed by atoms with Gasteiger partial charge in [-0.25, -0.2) is 4.79 Å². The summed E-state index contributed by atoms with van der Waals surface area (Å²) in [5, 5.41) is 8.87. The lowest BCUT2D eigenvalue weighted by Crippen LogP contribution is -2.55. The van der Waals surface area contributed by atoms with Crippen molar-refractivity contribution >= 4 is 11.8 Å². The Kier molecular flexibility index (Phi) is 2.88. The summed E-state index contributed by atoms with van der Waals surface area (Å²) in [6, 6.07) is 8.78. The standard InChI is InChI=1S/C17H22N2O2/c20-16(21)18-9-14(10-18)13-3-5-15(6-4-13)19-11-17(12-19)7-1-2-8-17/h3-6,14H,1-2,7-12H2,(H,20,21). The van der Waals surface area contributed by atoms with Crippen molar-refractivity contribution in [3.05, 3.63) is 29.8 Å². The van der Waals surface area contributed by atoms with E-state index in [9.17, 15) is 4.79 Å². The lowest BCUT2D eigenvalue weighted by molar-refractivity contribution is 0.105. The average molecular weight is 286 g/mol. The van der Waals surface area contributed by atoms with Crippen LogP contribution in [0.25, 0.3) is 0 Å². The maximum absolute atomic E-state index is 10.8. The fraction of sp³-hybridized carbons (Fsp3) is 0.588. The quantitative estimate of drug-likeness (QED) is 0.908. The molecule has 0 radical (unpaired) electrons. The molecule has 1 amide bonds. The molecule has 0 atom stereocenters. The Labute approximate surface area is 125 Å². The highest BCUT2D eigenvalue weighted by Gasteiger charge is 2.44. The fourth-order valence-corrected chi connectivity index (χ4v) is 4.19. The Morgan fingerprint density at radius 1 is 1.10 bits per heavy atom. The molecular weight excluding hydrogens is 264 g/mol. The van der Waals surface area contributed by atoms with Crippen LogP contribution in [0.3, 0.4) is 0 Å². The zero-order chi connectivity index (χ0) is 14.4. The molecule has 3 fully saturated rings. The summed E-state index contributed by atoms with van der Waals surface area (Å²) in [7, 11) is 0. The molecule has 0 aromatic heterocycles. The topological polar surface area (TPSA) is 43.8 Å². The zero-order valence-corrected chi connectivity index (χ0v) is 12.3. The van der Waals surface area contributed by atoms with E-state index < -0.39 is 6.09 Å². The zero-order valence-electron chi connectivity index (χ0n) is 12.3. The van der Waals surface area contributed by atoms with Crippen LogP contribution < -0.4 is 4.90 Å². The Morgan fingerprint density at radius 3 is 2.29 bits per heavy atom.